The third-order valence-electron chi connectivity index (χ3n) is 4.41. The van der Waals surface area contributed by atoms with Gasteiger partial charge in [0, 0.05) is 23.9 Å². The monoisotopic (exact) mass is 416 g/mol. The predicted octanol–water partition coefficient (Wildman–Crippen LogP) is 4.35. The molecule has 1 aliphatic rings. The lowest BCUT2D eigenvalue weighted by Crippen LogP contribution is -2.15. The molecule has 2 aromatic carbocycles. The van der Waals surface area contributed by atoms with E-state index in [-0.39, 0.29) is 5.91 Å². The second-order valence-electron chi connectivity index (χ2n) is 6.58. The van der Waals surface area contributed by atoms with Crippen LogP contribution in [0.2, 0.25) is 0 Å². The fraction of sp³-hybridized carbons (Fsp3) is 0.238. The van der Waals surface area contributed by atoms with E-state index in [9.17, 15) is 13.6 Å². The second-order valence-corrected chi connectivity index (χ2v) is 7.70. The number of anilines is 1. The summed E-state index contributed by atoms with van der Waals surface area (Å²) in [6, 6.07) is 9.47. The van der Waals surface area contributed by atoms with E-state index in [0.29, 0.717) is 48.9 Å². The minimum Gasteiger partial charge on any atom is -0.486 e. The Morgan fingerprint density at radius 2 is 1.83 bits per heavy atom. The van der Waals surface area contributed by atoms with Crippen molar-refractivity contribution in [1.82, 2.24) is 4.98 Å². The highest BCUT2D eigenvalue weighted by molar-refractivity contribution is 7.15. The maximum absolute atomic E-state index is 13.3. The van der Waals surface area contributed by atoms with E-state index in [2.05, 4.69) is 10.3 Å². The van der Waals surface area contributed by atoms with Crippen LogP contribution in [0.4, 0.5) is 13.9 Å². The van der Waals surface area contributed by atoms with Gasteiger partial charge in [-0.2, -0.15) is 0 Å². The SMILES string of the molecule is O=C(CCc1ccc2c(c1)OCCO2)Nc1ncc(Cc2ccc(F)c(F)c2)s1. The highest BCUT2D eigenvalue weighted by Gasteiger charge is 2.13. The maximum Gasteiger partial charge on any atom is 0.226 e. The lowest BCUT2D eigenvalue weighted by molar-refractivity contribution is -0.116. The van der Waals surface area contributed by atoms with E-state index >= 15 is 0 Å². The van der Waals surface area contributed by atoms with E-state index < -0.39 is 11.6 Å². The topological polar surface area (TPSA) is 60.5 Å². The first-order valence-electron chi connectivity index (χ1n) is 9.14. The van der Waals surface area contributed by atoms with Gasteiger partial charge < -0.3 is 14.8 Å². The van der Waals surface area contributed by atoms with Crippen molar-refractivity contribution in [3.63, 3.8) is 0 Å². The molecule has 8 heteroatoms. The van der Waals surface area contributed by atoms with Gasteiger partial charge in [0.2, 0.25) is 5.91 Å². The number of benzene rings is 2. The number of hydrogen-bond acceptors (Lipinski definition) is 5. The Hall–Kier alpha value is -3.00. The fourth-order valence-corrected chi connectivity index (χ4v) is 3.84. The van der Waals surface area contributed by atoms with Crippen LogP contribution < -0.4 is 14.8 Å². The zero-order valence-electron chi connectivity index (χ0n) is 15.4. The summed E-state index contributed by atoms with van der Waals surface area (Å²) >= 11 is 1.31. The number of hydrogen-bond donors (Lipinski definition) is 1. The summed E-state index contributed by atoms with van der Waals surface area (Å²) in [5.41, 5.74) is 1.63. The quantitative estimate of drug-likeness (QED) is 0.649. The van der Waals surface area contributed by atoms with E-state index in [1.165, 1.54) is 23.5 Å². The molecular weight excluding hydrogens is 398 g/mol. The van der Waals surface area contributed by atoms with Crippen LogP contribution in [0.1, 0.15) is 22.4 Å². The molecule has 1 aromatic heterocycles. The summed E-state index contributed by atoms with van der Waals surface area (Å²) in [6.07, 6.45) is 2.91. The number of fused-ring (bicyclic) bond motifs is 1. The Balaban J connectivity index is 1.30. The van der Waals surface area contributed by atoms with Gasteiger partial charge in [-0.1, -0.05) is 12.1 Å². The number of aryl methyl sites for hydroxylation is 1. The number of amides is 1. The van der Waals surface area contributed by atoms with Gasteiger partial charge >= 0.3 is 0 Å². The lowest BCUT2D eigenvalue weighted by atomic mass is 10.1. The number of nitrogens with zero attached hydrogens (tertiary/aromatic N) is 1. The molecule has 0 bridgehead atoms. The van der Waals surface area contributed by atoms with E-state index in [0.717, 1.165) is 22.3 Å². The molecule has 2 heterocycles. The molecule has 0 spiro atoms. The summed E-state index contributed by atoms with van der Waals surface area (Å²) in [5.74, 6) is -0.464. The Morgan fingerprint density at radius 3 is 2.66 bits per heavy atom. The fourth-order valence-electron chi connectivity index (χ4n) is 2.98. The Bertz CT molecular complexity index is 1040. The van der Waals surface area contributed by atoms with Crippen LogP contribution in [0.15, 0.2) is 42.6 Å². The van der Waals surface area contributed by atoms with Gasteiger partial charge in [0.05, 0.1) is 0 Å². The molecule has 4 rings (SSSR count). The van der Waals surface area contributed by atoms with Crippen molar-refractivity contribution in [2.45, 2.75) is 19.3 Å². The van der Waals surface area contributed by atoms with Gasteiger partial charge in [0.15, 0.2) is 28.3 Å². The molecule has 0 unspecified atom stereocenters. The number of carbonyl (C=O) groups is 1. The summed E-state index contributed by atoms with van der Waals surface area (Å²) < 4.78 is 37.4. The van der Waals surface area contributed by atoms with Crippen molar-refractivity contribution in [2.75, 3.05) is 18.5 Å². The minimum absolute atomic E-state index is 0.145. The van der Waals surface area contributed by atoms with Crippen LogP contribution in [0, 0.1) is 11.6 Å². The molecule has 1 amide bonds. The van der Waals surface area contributed by atoms with Crippen LogP contribution in [-0.4, -0.2) is 24.1 Å². The lowest BCUT2D eigenvalue weighted by Gasteiger charge is -2.18. The van der Waals surface area contributed by atoms with Gasteiger partial charge in [-0.15, -0.1) is 11.3 Å². The van der Waals surface area contributed by atoms with Crippen LogP contribution in [0.25, 0.3) is 0 Å². The molecular formula is C21H18F2N2O3S. The standard InChI is InChI=1S/C21H18F2N2O3S/c22-16-4-1-14(10-17(16)23)9-15-12-24-21(29-15)25-20(26)6-3-13-2-5-18-19(11-13)28-8-7-27-18/h1-2,4-5,10-12H,3,6-9H2,(H,24,25,26). The second kappa shape index (κ2) is 8.57. The van der Waals surface area contributed by atoms with Crippen LogP contribution in [0.3, 0.4) is 0 Å². The number of carbonyl (C=O) groups excluding carboxylic acids is 1. The van der Waals surface area contributed by atoms with Crippen molar-refractivity contribution in [2.24, 2.45) is 0 Å². The molecule has 5 nitrogen and oxygen atoms in total. The predicted molar refractivity (Wildman–Crippen MR) is 106 cm³/mol. The first kappa shape index (κ1) is 19.3. The summed E-state index contributed by atoms with van der Waals surface area (Å²) in [5, 5.41) is 3.26. The number of halogens is 2. The van der Waals surface area contributed by atoms with Crippen LogP contribution >= 0.6 is 11.3 Å². The molecule has 1 N–H and O–H groups in total. The Kier molecular flexibility index (Phi) is 5.71. The first-order chi connectivity index (χ1) is 14.1. The highest BCUT2D eigenvalue weighted by Crippen LogP contribution is 2.31. The number of rotatable bonds is 6. The average molecular weight is 416 g/mol. The third kappa shape index (κ3) is 4.89. The molecule has 1 aliphatic heterocycles. The van der Waals surface area contributed by atoms with Gasteiger partial charge in [-0.05, 0) is 41.8 Å². The smallest absolute Gasteiger partial charge is 0.226 e. The molecule has 0 saturated heterocycles. The molecule has 0 fully saturated rings. The normalized spacial score (nSPS) is 12.6. The minimum atomic E-state index is -0.875. The summed E-state index contributed by atoms with van der Waals surface area (Å²) in [4.78, 5) is 17.3. The van der Waals surface area contributed by atoms with E-state index in [4.69, 9.17) is 9.47 Å². The molecule has 0 saturated carbocycles. The van der Waals surface area contributed by atoms with Gasteiger partial charge in [-0.25, -0.2) is 13.8 Å². The molecule has 0 atom stereocenters. The van der Waals surface area contributed by atoms with Crippen LogP contribution in [-0.2, 0) is 17.6 Å². The maximum atomic E-state index is 13.3. The molecule has 0 aliphatic carbocycles. The highest BCUT2D eigenvalue weighted by atomic mass is 32.1. The number of aromatic nitrogens is 1. The van der Waals surface area contributed by atoms with E-state index in [1.807, 2.05) is 18.2 Å². The summed E-state index contributed by atoms with van der Waals surface area (Å²) in [7, 11) is 0. The zero-order valence-corrected chi connectivity index (χ0v) is 16.2. The van der Waals surface area contributed by atoms with Crippen molar-refractivity contribution in [3.8, 4) is 11.5 Å². The van der Waals surface area contributed by atoms with Crippen molar-refractivity contribution in [1.29, 1.82) is 0 Å². The molecule has 29 heavy (non-hydrogen) atoms. The first-order valence-corrected chi connectivity index (χ1v) is 9.95. The molecule has 150 valence electrons. The summed E-state index contributed by atoms with van der Waals surface area (Å²) in [6.45, 7) is 1.06. The van der Waals surface area contributed by atoms with Gasteiger partial charge in [0.25, 0.3) is 0 Å². The van der Waals surface area contributed by atoms with Crippen molar-refractivity contribution < 1.29 is 23.0 Å². The Morgan fingerprint density at radius 1 is 1.03 bits per heavy atom. The molecule has 0 radical (unpaired) electrons. The van der Waals surface area contributed by atoms with Gasteiger partial charge in [0.1, 0.15) is 13.2 Å². The third-order valence-corrected chi connectivity index (χ3v) is 5.32. The number of thiazole rings is 1. The largest absolute Gasteiger partial charge is 0.486 e. The van der Waals surface area contributed by atoms with Crippen molar-refractivity contribution in [3.05, 3.63) is 70.2 Å². The average Bonchev–Trinajstić information content (AvgIpc) is 3.15. The van der Waals surface area contributed by atoms with Gasteiger partial charge in [-0.3, -0.25) is 4.79 Å². The number of nitrogens with one attached hydrogen (secondary N) is 1. The number of ether oxygens (including phenoxy) is 2. The zero-order chi connectivity index (χ0) is 20.2. The Labute approximate surface area is 170 Å². The molecule has 3 aromatic rings. The van der Waals surface area contributed by atoms with E-state index in [1.54, 1.807) is 6.20 Å². The van der Waals surface area contributed by atoms with Crippen molar-refractivity contribution >= 4 is 22.4 Å². The van der Waals surface area contributed by atoms with Crippen LogP contribution in [0.5, 0.6) is 11.5 Å².